The van der Waals surface area contributed by atoms with Crippen LogP contribution in [0.5, 0.6) is 5.75 Å². The third-order valence-corrected chi connectivity index (χ3v) is 6.60. The molecule has 1 aromatic carbocycles. The molecule has 11 heteroatoms. The second-order valence-electron chi connectivity index (χ2n) is 10.5. The van der Waals surface area contributed by atoms with Crippen LogP contribution in [0.25, 0.3) is 56.1 Å². The molecule has 6 aromatic rings. The molecule has 0 saturated carbocycles. The highest BCUT2D eigenvalue weighted by Crippen LogP contribution is 2.33. The van der Waals surface area contributed by atoms with Crippen molar-refractivity contribution in [1.82, 2.24) is 44.9 Å². The van der Waals surface area contributed by atoms with Crippen LogP contribution in [-0.2, 0) is 6.54 Å². The fraction of sp³-hybridized carbons (Fsp3) is 0.233. The fourth-order valence-corrected chi connectivity index (χ4v) is 4.72. The van der Waals surface area contributed by atoms with E-state index in [2.05, 4.69) is 36.1 Å². The van der Waals surface area contributed by atoms with Crippen LogP contribution in [0, 0.1) is 5.82 Å². The molecule has 6 rings (SSSR count). The van der Waals surface area contributed by atoms with E-state index in [1.54, 1.807) is 6.20 Å². The molecule has 0 amide bonds. The van der Waals surface area contributed by atoms with Gasteiger partial charge in [0.05, 0.1) is 16.7 Å². The number of halogens is 1. The van der Waals surface area contributed by atoms with Crippen molar-refractivity contribution in [2.24, 2.45) is 0 Å². The number of hydrogen-bond donors (Lipinski definition) is 2. The number of rotatable bonds is 9. The van der Waals surface area contributed by atoms with E-state index in [4.69, 9.17) is 14.7 Å². The van der Waals surface area contributed by atoms with Crippen molar-refractivity contribution in [3.05, 3.63) is 72.4 Å². The summed E-state index contributed by atoms with van der Waals surface area (Å²) in [4.78, 5) is 26.0. The van der Waals surface area contributed by atoms with E-state index in [-0.39, 0.29) is 5.82 Å². The number of hydrogen-bond acceptors (Lipinski definition) is 8. The third kappa shape index (κ3) is 5.63. The van der Waals surface area contributed by atoms with Crippen molar-refractivity contribution < 1.29 is 9.13 Å². The van der Waals surface area contributed by atoms with Gasteiger partial charge in [0.2, 0.25) is 0 Å². The fourth-order valence-electron chi connectivity index (χ4n) is 4.72. The molecule has 0 aliphatic heterocycles. The molecule has 208 valence electrons. The topological polar surface area (TPSA) is 112 Å². The van der Waals surface area contributed by atoms with Gasteiger partial charge in [-0.15, -0.1) is 0 Å². The lowest BCUT2D eigenvalue weighted by Crippen LogP contribution is -2.19. The van der Waals surface area contributed by atoms with Crippen LogP contribution in [0.4, 0.5) is 4.39 Å². The highest BCUT2D eigenvalue weighted by Gasteiger charge is 2.18. The van der Waals surface area contributed by atoms with Gasteiger partial charge in [-0.3, -0.25) is 10.1 Å². The first-order valence-corrected chi connectivity index (χ1v) is 13.2. The quantitative estimate of drug-likeness (QED) is 0.264. The zero-order valence-corrected chi connectivity index (χ0v) is 23.3. The van der Waals surface area contributed by atoms with Gasteiger partial charge >= 0.3 is 0 Å². The van der Waals surface area contributed by atoms with Crippen LogP contribution in [0.15, 0.2) is 61.1 Å². The lowest BCUT2D eigenvalue weighted by Gasteiger charge is -2.12. The van der Waals surface area contributed by atoms with Gasteiger partial charge in [0.15, 0.2) is 17.2 Å². The molecule has 0 saturated heterocycles. The molecule has 0 spiro atoms. The Bertz CT molecular complexity index is 1840. The van der Waals surface area contributed by atoms with Crippen molar-refractivity contribution >= 4 is 22.2 Å². The summed E-state index contributed by atoms with van der Waals surface area (Å²) in [5, 5.41) is 7.57. The SMILES string of the molecule is CN(C)CCOc1cc(F)cc(-c2ccnc3nc(-c4n[nH]c5ccc(-c6cncc(CN(C)C)c6)nc45)[nH]c23)c1. The first kappa shape index (κ1) is 26.5. The second kappa shape index (κ2) is 11.0. The molecular weight excluding hydrogens is 521 g/mol. The van der Waals surface area contributed by atoms with Gasteiger partial charge in [-0.2, -0.15) is 5.10 Å². The van der Waals surface area contributed by atoms with Crippen LogP contribution in [0.3, 0.4) is 0 Å². The van der Waals surface area contributed by atoms with Crippen LogP contribution in [-0.4, -0.2) is 86.3 Å². The molecule has 10 nitrogen and oxygen atoms in total. The second-order valence-corrected chi connectivity index (χ2v) is 10.5. The molecule has 0 aliphatic carbocycles. The Morgan fingerprint density at radius 2 is 1.80 bits per heavy atom. The number of aromatic amines is 2. The molecular formula is C30H30FN9O. The van der Waals surface area contributed by atoms with E-state index in [1.807, 2.05) is 69.7 Å². The predicted octanol–water partition coefficient (Wildman–Crippen LogP) is 4.77. The molecule has 0 fully saturated rings. The van der Waals surface area contributed by atoms with E-state index >= 15 is 0 Å². The Morgan fingerprint density at radius 3 is 2.63 bits per heavy atom. The number of fused-ring (bicyclic) bond motifs is 2. The van der Waals surface area contributed by atoms with E-state index in [0.29, 0.717) is 46.1 Å². The number of benzene rings is 1. The number of H-pyrrole nitrogens is 2. The number of nitrogens with one attached hydrogen (secondary N) is 2. The summed E-state index contributed by atoms with van der Waals surface area (Å²) in [5.41, 5.74) is 7.38. The van der Waals surface area contributed by atoms with Crippen LogP contribution < -0.4 is 4.74 Å². The molecule has 0 unspecified atom stereocenters. The smallest absolute Gasteiger partial charge is 0.178 e. The Hall–Kier alpha value is -4.74. The number of nitrogens with zero attached hydrogens (tertiary/aromatic N) is 7. The minimum atomic E-state index is -0.383. The third-order valence-electron chi connectivity index (χ3n) is 6.60. The normalized spacial score (nSPS) is 11.8. The lowest BCUT2D eigenvalue weighted by molar-refractivity contribution is 0.260. The predicted molar refractivity (Wildman–Crippen MR) is 157 cm³/mol. The highest BCUT2D eigenvalue weighted by atomic mass is 19.1. The Morgan fingerprint density at radius 1 is 0.927 bits per heavy atom. The molecule has 2 N–H and O–H groups in total. The lowest BCUT2D eigenvalue weighted by atomic mass is 10.1. The molecule has 0 bridgehead atoms. The summed E-state index contributed by atoms with van der Waals surface area (Å²) in [7, 11) is 7.97. The summed E-state index contributed by atoms with van der Waals surface area (Å²) in [6.45, 7) is 1.96. The molecule has 0 atom stereocenters. The van der Waals surface area contributed by atoms with E-state index in [9.17, 15) is 4.39 Å². The zero-order valence-electron chi connectivity index (χ0n) is 23.3. The maximum Gasteiger partial charge on any atom is 0.178 e. The summed E-state index contributed by atoms with van der Waals surface area (Å²) in [5.74, 6) is 0.589. The van der Waals surface area contributed by atoms with Gasteiger partial charge in [0, 0.05) is 48.9 Å². The zero-order chi connectivity index (χ0) is 28.5. The Kier molecular flexibility index (Phi) is 7.12. The van der Waals surface area contributed by atoms with Gasteiger partial charge in [0.1, 0.15) is 23.7 Å². The van der Waals surface area contributed by atoms with Crippen molar-refractivity contribution in [1.29, 1.82) is 0 Å². The Labute approximate surface area is 236 Å². The maximum atomic E-state index is 14.6. The molecule has 5 heterocycles. The van der Waals surface area contributed by atoms with Gasteiger partial charge in [-0.25, -0.2) is 19.3 Å². The number of aromatic nitrogens is 7. The summed E-state index contributed by atoms with van der Waals surface area (Å²) < 4.78 is 20.4. The van der Waals surface area contributed by atoms with E-state index in [1.165, 1.54) is 12.1 Å². The monoisotopic (exact) mass is 551 g/mol. The van der Waals surface area contributed by atoms with Gasteiger partial charge in [-0.1, -0.05) is 0 Å². The standard InChI is InChI=1S/C30H30FN9O/c1-39(2)9-10-41-22-13-19(12-21(31)14-22)23-7-8-33-29-26(23)35-30(36-29)28-27-25(37-38-28)6-5-24(34-27)20-11-18(15-32-16-20)17-40(3)4/h5-8,11-16H,9-10,17H2,1-4H3,(H,37,38)(H,33,35,36). The summed E-state index contributed by atoms with van der Waals surface area (Å²) in [6, 6.07) is 12.5. The van der Waals surface area contributed by atoms with Crippen LogP contribution in [0.2, 0.25) is 0 Å². The van der Waals surface area contributed by atoms with Crippen molar-refractivity contribution in [2.45, 2.75) is 6.54 Å². The largest absolute Gasteiger partial charge is 0.492 e. The van der Waals surface area contributed by atoms with Gasteiger partial charge in [-0.05, 0) is 75.7 Å². The Balaban J connectivity index is 1.37. The number of imidazole rings is 1. The van der Waals surface area contributed by atoms with Crippen molar-refractivity contribution in [2.75, 3.05) is 41.3 Å². The molecule has 0 radical (unpaired) electrons. The average Bonchev–Trinajstić information content (AvgIpc) is 3.56. The van der Waals surface area contributed by atoms with Gasteiger partial charge in [0.25, 0.3) is 0 Å². The minimum Gasteiger partial charge on any atom is -0.492 e. The van der Waals surface area contributed by atoms with Crippen LogP contribution in [0.1, 0.15) is 5.56 Å². The minimum absolute atomic E-state index is 0.383. The number of likely N-dealkylation sites (N-methyl/N-ethyl adjacent to an activating group) is 1. The van der Waals surface area contributed by atoms with E-state index in [0.717, 1.165) is 41.0 Å². The summed E-state index contributed by atoms with van der Waals surface area (Å²) >= 11 is 0. The average molecular weight is 552 g/mol. The van der Waals surface area contributed by atoms with Crippen molar-refractivity contribution in [3.8, 4) is 39.7 Å². The van der Waals surface area contributed by atoms with Gasteiger partial charge < -0.3 is 19.5 Å². The molecule has 41 heavy (non-hydrogen) atoms. The highest BCUT2D eigenvalue weighted by molar-refractivity contribution is 5.95. The number of pyridine rings is 3. The summed E-state index contributed by atoms with van der Waals surface area (Å²) in [6.07, 6.45) is 5.33. The maximum absolute atomic E-state index is 14.6. The van der Waals surface area contributed by atoms with E-state index < -0.39 is 0 Å². The molecule has 0 aliphatic rings. The first-order valence-electron chi connectivity index (χ1n) is 13.2. The van der Waals surface area contributed by atoms with Crippen molar-refractivity contribution in [3.63, 3.8) is 0 Å². The first-order chi connectivity index (χ1) is 19.8. The van der Waals surface area contributed by atoms with Crippen LogP contribution >= 0.6 is 0 Å². The molecule has 5 aromatic heterocycles. The number of ether oxygens (including phenoxy) is 1.